The molecule has 0 amide bonds. The third kappa shape index (κ3) is 6.91. The van der Waals surface area contributed by atoms with Crippen LogP contribution in [0.25, 0.3) is 0 Å². The maximum absolute atomic E-state index is 12.4. The van der Waals surface area contributed by atoms with Gasteiger partial charge < -0.3 is 70.5 Å². The van der Waals surface area contributed by atoms with Crippen LogP contribution in [-0.2, 0) is 45.1 Å². The smallest absolute Gasteiger partial charge is 0.174 e. The van der Waals surface area contributed by atoms with Gasteiger partial charge in [-0.05, 0) is 157 Å². The number of ether oxygens (including phenoxy) is 3. The number of ketones is 1. The Morgan fingerprint density at radius 2 is 1.06 bits per heavy atom. The van der Waals surface area contributed by atoms with Gasteiger partial charge in [-0.25, -0.2) is 0 Å². The second-order valence-corrected chi connectivity index (χ2v) is 24.8. The molecule has 14 atom stereocenters. The maximum atomic E-state index is 12.4. The van der Waals surface area contributed by atoms with Gasteiger partial charge in [-0.15, -0.1) is 0 Å². The highest BCUT2D eigenvalue weighted by molar-refractivity contribution is 5.90. The number of aliphatic hydroxyl groups is 5. The van der Waals surface area contributed by atoms with Crippen molar-refractivity contribution < 1.29 is 64.7 Å². The standard InChI is InChI=1S/C21H27NO4.C16H19NO4.C16H17NO4.C5H8O.3CH4/c23-14-5-4-13-10-16-21(25)7-6-15(24)19-20(21,17(13)18(14)26-19)8-9-22(16)11-12-2-1-3-12;2*18-9-2-1-8-7-11-16(20)4-3-10(19)14-15(16,5-6-17-11)12(8)13(9)21-14;6-4-5-2-1-3-5;;;/h4-5,12,15-16,19,23-25H,1-3,6-11H2;1-2,10-11,14,17-20H,3-7H2;1-2,11,14,17-18,20H,3-7H2;4-5H,1-3H2;3*1H4/t15-,16+,19-,20-,21+;10-,11+,14-,15-,16+;11-,14+,15+,16-;;;;/m001..../s1. The normalized spacial score (nSPS) is 40.6. The number of piperidine rings is 3. The van der Waals surface area contributed by atoms with Crippen LogP contribution >= 0.6 is 0 Å². The highest BCUT2D eigenvalue weighted by Gasteiger charge is 2.75. The molecule has 3 aromatic carbocycles. The Morgan fingerprint density at radius 1 is 0.584 bits per heavy atom. The van der Waals surface area contributed by atoms with Crippen LogP contribution in [0.2, 0.25) is 0 Å². The van der Waals surface area contributed by atoms with Crippen molar-refractivity contribution in [2.75, 3.05) is 26.2 Å². The fourth-order valence-corrected chi connectivity index (χ4v) is 18.0. The van der Waals surface area contributed by atoms with Gasteiger partial charge in [0.2, 0.25) is 0 Å². The molecular weight excluding hydrogens is 983 g/mol. The number of benzene rings is 3. The molecule has 0 radical (unpaired) electrons. The highest BCUT2D eigenvalue weighted by atomic mass is 16.5. The maximum Gasteiger partial charge on any atom is 0.174 e. The minimum Gasteiger partial charge on any atom is -0.504 e. The Balaban J connectivity index is 0.000000115. The number of rotatable bonds is 3. The van der Waals surface area contributed by atoms with Crippen LogP contribution in [0.3, 0.4) is 0 Å². The number of hydrogen-bond acceptors (Lipinski definition) is 16. The van der Waals surface area contributed by atoms with Crippen molar-refractivity contribution in [3.63, 3.8) is 0 Å². The predicted molar refractivity (Wildman–Crippen MR) is 287 cm³/mol. The van der Waals surface area contributed by atoms with Crippen LogP contribution in [0.4, 0.5) is 0 Å². The number of Topliss-reactive ketones (excluding diaryl/α,β-unsaturated/α-hetero) is 1. The summed E-state index contributed by atoms with van der Waals surface area (Å²) in [5.74, 6) is 3.00. The molecule has 0 aromatic heterocycles. The molecule has 3 saturated heterocycles. The molecule has 0 unspecified atom stereocenters. The number of carbonyl (C=O) groups excluding carboxylic acids is 2. The van der Waals surface area contributed by atoms with E-state index in [0.717, 1.165) is 105 Å². The van der Waals surface area contributed by atoms with E-state index in [1.807, 2.05) is 18.2 Å². The Hall–Kier alpha value is -4.52. The number of hydrogen-bond donors (Lipinski definition) is 10. The fraction of sp³-hybridized carbons (Fsp3) is 0.672. The minimum atomic E-state index is -0.962. The van der Waals surface area contributed by atoms with E-state index in [9.17, 15) is 50.4 Å². The topological polar surface area (TPSA) is 251 Å². The van der Waals surface area contributed by atoms with Crippen molar-refractivity contribution in [2.24, 2.45) is 11.8 Å². The number of aromatic hydroxyl groups is 3. The number of likely N-dealkylation sites (tertiary alicyclic amines) is 1. The van der Waals surface area contributed by atoms with Crippen LogP contribution in [0.15, 0.2) is 36.4 Å². The van der Waals surface area contributed by atoms with Crippen molar-refractivity contribution in [1.82, 2.24) is 15.5 Å². The number of nitrogens with one attached hydrogen (secondary N) is 2. The quantitative estimate of drug-likeness (QED) is 0.152. The number of phenolic OH excluding ortho intramolecular Hbond substituents is 3. The van der Waals surface area contributed by atoms with Gasteiger partial charge in [-0.1, -0.05) is 53.3 Å². The summed E-state index contributed by atoms with van der Waals surface area (Å²) in [5, 5.41) is 93.8. The first-order valence-electron chi connectivity index (χ1n) is 27.9. The highest BCUT2D eigenvalue weighted by Crippen LogP contribution is 2.68. The Morgan fingerprint density at radius 3 is 1.57 bits per heavy atom. The van der Waals surface area contributed by atoms with E-state index in [1.165, 1.54) is 31.2 Å². The summed E-state index contributed by atoms with van der Waals surface area (Å²) < 4.78 is 18.1. The molecule has 3 aromatic rings. The lowest BCUT2D eigenvalue weighted by atomic mass is 9.48. The number of aldehydes is 1. The summed E-state index contributed by atoms with van der Waals surface area (Å²) in [6.45, 7) is 3.57. The fourth-order valence-electron chi connectivity index (χ4n) is 18.0. The summed E-state index contributed by atoms with van der Waals surface area (Å²) in [6, 6.07) is 10.9. The van der Waals surface area contributed by atoms with Gasteiger partial charge in [0.25, 0.3) is 0 Å². The van der Waals surface area contributed by atoms with Gasteiger partial charge in [-0.2, -0.15) is 0 Å². The largest absolute Gasteiger partial charge is 0.504 e. The van der Waals surface area contributed by atoms with Crippen LogP contribution in [0, 0.1) is 11.8 Å². The first-order valence-corrected chi connectivity index (χ1v) is 27.9. The van der Waals surface area contributed by atoms with Crippen molar-refractivity contribution in [1.29, 1.82) is 0 Å². The van der Waals surface area contributed by atoms with Crippen LogP contribution in [0.1, 0.15) is 152 Å². The Kier molecular flexibility index (Phi) is 13.3. The molecule has 3 spiro atoms. The molecule has 10 N–H and O–H groups in total. The average molecular weight is 1070 g/mol. The minimum absolute atomic E-state index is 0. The molecule has 6 bridgehead atoms. The molecule has 77 heavy (non-hydrogen) atoms. The average Bonchev–Trinajstić information content (AvgIpc) is 4.02. The second kappa shape index (κ2) is 18.8. The number of carbonyl (C=O) groups is 2. The van der Waals surface area contributed by atoms with E-state index in [2.05, 4.69) is 15.5 Å². The van der Waals surface area contributed by atoms with Crippen LogP contribution in [0.5, 0.6) is 34.5 Å². The van der Waals surface area contributed by atoms with Crippen molar-refractivity contribution >= 4 is 12.1 Å². The summed E-state index contributed by atoms with van der Waals surface area (Å²) in [5.41, 5.74) is 1.64. The number of nitrogens with zero attached hydrogens (tertiary/aromatic N) is 1. The summed E-state index contributed by atoms with van der Waals surface area (Å²) in [6.07, 6.45) is 13.4. The molecule has 16 heteroatoms. The lowest BCUT2D eigenvalue weighted by molar-refractivity contribution is -0.209. The molecule has 420 valence electrons. The Bertz CT molecular complexity index is 2840. The first-order chi connectivity index (χ1) is 35.6. The zero-order valence-electron chi connectivity index (χ0n) is 41.9. The van der Waals surface area contributed by atoms with E-state index in [4.69, 9.17) is 14.2 Å². The van der Waals surface area contributed by atoms with Gasteiger partial charge in [0.15, 0.2) is 46.4 Å². The third-order valence-electron chi connectivity index (χ3n) is 21.9. The van der Waals surface area contributed by atoms with E-state index >= 15 is 0 Å². The molecule has 8 aliphatic carbocycles. The van der Waals surface area contributed by atoms with Gasteiger partial charge in [0.05, 0.1) is 45.3 Å². The molecular formula is C61H83N3O13. The molecule has 17 rings (SSSR count). The van der Waals surface area contributed by atoms with Gasteiger partial charge >= 0.3 is 0 Å². The van der Waals surface area contributed by atoms with Crippen molar-refractivity contribution in [2.45, 2.75) is 220 Å². The van der Waals surface area contributed by atoms with Gasteiger partial charge in [0.1, 0.15) is 18.5 Å². The van der Waals surface area contributed by atoms with E-state index in [-0.39, 0.29) is 63.4 Å². The summed E-state index contributed by atoms with van der Waals surface area (Å²) >= 11 is 0. The third-order valence-corrected chi connectivity index (χ3v) is 21.9. The van der Waals surface area contributed by atoms with E-state index in [0.29, 0.717) is 74.5 Å². The lowest BCUT2D eigenvalue weighted by Gasteiger charge is -2.64. The number of phenols is 3. The van der Waals surface area contributed by atoms with E-state index in [1.54, 1.807) is 18.2 Å². The second-order valence-electron chi connectivity index (χ2n) is 24.8. The van der Waals surface area contributed by atoms with Gasteiger partial charge in [-0.3, -0.25) is 9.69 Å². The summed E-state index contributed by atoms with van der Waals surface area (Å²) in [4.78, 5) is 24.7. The molecule has 8 fully saturated rings. The SMILES string of the molecule is C.C.C.O=C1CC[C@@]2(O)[C@H]3Cc4ccc(O)c5c4[C@@]2(CCN3)[C@H]1O5.O=CC1CCC1.Oc1ccc2c3c1O[C@H]1[C@@H](O)CC[C@@]4(O)[C@@H](C2)N(CC2CCC2)CC[C@]314.Oc1ccc2c3c1O[C@H]1[C@@H](O)CC[C@@]4(O)[C@@H](C2)NCC[C@]314. The Labute approximate surface area is 452 Å². The molecule has 6 heterocycles. The van der Waals surface area contributed by atoms with Crippen LogP contribution < -0.4 is 24.8 Å². The zero-order valence-corrected chi connectivity index (χ0v) is 41.9. The first kappa shape index (κ1) is 54.4. The lowest BCUT2D eigenvalue weighted by Crippen LogP contribution is -2.77. The number of aliphatic hydroxyl groups excluding tert-OH is 2. The van der Waals surface area contributed by atoms with Crippen LogP contribution in [-0.4, -0.2) is 149 Å². The predicted octanol–water partition coefficient (Wildman–Crippen LogP) is 5.20. The molecule has 14 aliphatic rings. The molecule has 6 aliphatic heterocycles. The van der Waals surface area contributed by atoms with Crippen molar-refractivity contribution in [3.8, 4) is 34.5 Å². The molecule has 5 saturated carbocycles. The van der Waals surface area contributed by atoms with E-state index < -0.39 is 63.6 Å². The molecule has 16 nitrogen and oxygen atoms in total. The monoisotopic (exact) mass is 1070 g/mol. The van der Waals surface area contributed by atoms with Gasteiger partial charge in [0, 0.05) is 53.7 Å². The van der Waals surface area contributed by atoms with Crippen molar-refractivity contribution in [3.05, 3.63) is 69.8 Å². The zero-order chi connectivity index (χ0) is 50.9. The summed E-state index contributed by atoms with van der Waals surface area (Å²) in [7, 11) is 0.